The minimum absolute atomic E-state index is 0.0442. The zero-order valence-electron chi connectivity index (χ0n) is 24.7. The van der Waals surface area contributed by atoms with E-state index in [1.807, 2.05) is 61.5 Å². The molecule has 236 valence electrons. The molecule has 0 saturated carbocycles. The molecule has 0 bridgehead atoms. The maximum absolute atomic E-state index is 14.5. The van der Waals surface area contributed by atoms with E-state index >= 15 is 0 Å². The highest BCUT2D eigenvalue weighted by molar-refractivity contribution is 9.10. The molecular formula is C34H34BrCl2N3O4S. The third kappa shape index (κ3) is 9.56. The van der Waals surface area contributed by atoms with E-state index in [4.69, 9.17) is 23.2 Å². The van der Waals surface area contributed by atoms with Gasteiger partial charge in [0.25, 0.3) is 10.0 Å². The number of nitrogens with one attached hydrogen (secondary N) is 1. The second-order valence-corrected chi connectivity index (χ2v) is 14.1. The molecule has 4 aromatic rings. The van der Waals surface area contributed by atoms with Gasteiger partial charge in [0.2, 0.25) is 11.8 Å². The average molecular weight is 732 g/mol. The van der Waals surface area contributed by atoms with Crippen LogP contribution in [0.4, 0.5) is 5.69 Å². The molecule has 0 fully saturated rings. The molecular weight excluding hydrogens is 697 g/mol. The molecule has 0 saturated heterocycles. The van der Waals surface area contributed by atoms with Crippen molar-refractivity contribution >= 4 is 66.7 Å². The van der Waals surface area contributed by atoms with Gasteiger partial charge in [-0.2, -0.15) is 0 Å². The quantitative estimate of drug-likeness (QED) is 0.136. The Morgan fingerprint density at radius 1 is 0.844 bits per heavy atom. The number of carbonyl (C=O) groups is 2. The molecule has 0 radical (unpaired) electrons. The molecule has 4 rings (SSSR count). The third-order valence-electron chi connectivity index (χ3n) is 7.14. The van der Waals surface area contributed by atoms with Crippen molar-refractivity contribution in [2.24, 2.45) is 0 Å². The first-order chi connectivity index (χ1) is 21.6. The number of anilines is 1. The second-order valence-electron chi connectivity index (χ2n) is 10.4. The highest BCUT2D eigenvalue weighted by atomic mass is 79.9. The molecule has 1 N–H and O–H groups in total. The summed E-state index contributed by atoms with van der Waals surface area (Å²) in [5.74, 6) is -0.866. The Balaban J connectivity index is 1.78. The highest BCUT2D eigenvalue weighted by Gasteiger charge is 2.34. The number of sulfonamides is 1. The molecule has 1 atom stereocenters. The number of hydrogen-bond donors (Lipinski definition) is 1. The van der Waals surface area contributed by atoms with Crippen LogP contribution < -0.4 is 9.62 Å². The Morgan fingerprint density at radius 2 is 1.53 bits per heavy atom. The lowest BCUT2D eigenvalue weighted by Gasteiger charge is -2.34. The van der Waals surface area contributed by atoms with Crippen LogP contribution in [-0.2, 0) is 32.6 Å². The minimum Gasteiger partial charge on any atom is -0.354 e. The molecule has 0 aliphatic rings. The van der Waals surface area contributed by atoms with E-state index in [2.05, 4.69) is 21.2 Å². The van der Waals surface area contributed by atoms with Crippen LogP contribution in [0.25, 0.3) is 0 Å². The number of nitrogens with zero attached hydrogens (tertiary/aromatic N) is 2. The van der Waals surface area contributed by atoms with Gasteiger partial charge in [0, 0.05) is 34.0 Å². The fourth-order valence-corrected chi connectivity index (χ4v) is 6.72. The van der Waals surface area contributed by atoms with Crippen LogP contribution in [0.15, 0.2) is 112 Å². The first-order valence-corrected chi connectivity index (χ1v) is 17.5. The molecule has 0 heterocycles. The van der Waals surface area contributed by atoms with Crippen molar-refractivity contribution in [1.82, 2.24) is 10.2 Å². The maximum Gasteiger partial charge on any atom is 0.264 e. The molecule has 0 aliphatic carbocycles. The number of halogens is 3. The van der Waals surface area contributed by atoms with Crippen LogP contribution in [0, 0.1) is 0 Å². The standard InChI is InChI=1S/C34H34BrCl2N3O4S/c1-2-3-20-38-34(42)32(21-25-8-5-4-6-9-25)39(23-26-12-14-27(35)15-13-26)33(41)24-40(30-11-7-10-29(37)22-30)45(43,44)31-18-16-28(36)17-19-31/h4-19,22,32H,2-3,20-21,23-24H2,1H3,(H,38,42)/t32-/m0/s1. The van der Waals surface area contributed by atoms with Crippen molar-refractivity contribution in [3.8, 4) is 0 Å². The van der Waals surface area contributed by atoms with E-state index in [1.54, 1.807) is 18.2 Å². The van der Waals surface area contributed by atoms with Gasteiger partial charge in [-0.05, 0) is 72.1 Å². The van der Waals surface area contributed by atoms with Gasteiger partial charge in [-0.15, -0.1) is 0 Å². The summed E-state index contributed by atoms with van der Waals surface area (Å²) in [5, 5.41) is 3.66. The van der Waals surface area contributed by atoms with Gasteiger partial charge < -0.3 is 10.2 Å². The smallest absolute Gasteiger partial charge is 0.264 e. The molecule has 4 aromatic carbocycles. The highest BCUT2D eigenvalue weighted by Crippen LogP contribution is 2.28. The molecule has 11 heteroatoms. The second kappa shape index (κ2) is 16.3. The zero-order valence-corrected chi connectivity index (χ0v) is 28.6. The predicted molar refractivity (Wildman–Crippen MR) is 184 cm³/mol. The van der Waals surface area contributed by atoms with Gasteiger partial charge in [0.15, 0.2) is 0 Å². The molecule has 0 unspecified atom stereocenters. The van der Waals surface area contributed by atoms with Gasteiger partial charge >= 0.3 is 0 Å². The topological polar surface area (TPSA) is 86.8 Å². The zero-order chi connectivity index (χ0) is 32.4. The van der Waals surface area contributed by atoms with Crippen LogP contribution in [0.2, 0.25) is 10.0 Å². The van der Waals surface area contributed by atoms with E-state index in [9.17, 15) is 18.0 Å². The Bertz CT molecular complexity index is 1690. The van der Waals surface area contributed by atoms with Crippen LogP contribution in [-0.4, -0.2) is 44.3 Å². The maximum atomic E-state index is 14.5. The Hall–Kier alpha value is -3.37. The first kappa shape index (κ1) is 34.5. The summed E-state index contributed by atoms with van der Waals surface area (Å²) in [4.78, 5) is 29.7. The van der Waals surface area contributed by atoms with Crippen molar-refractivity contribution in [1.29, 1.82) is 0 Å². The van der Waals surface area contributed by atoms with Gasteiger partial charge in [-0.3, -0.25) is 13.9 Å². The van der Waals surface area contributed by atoms with Gasteiger partial charge in [0.05, 0.1) is 10.6 Å². The number of amides is 2. The van der Waals surface area contributed by atoms with Crippen molar-refractivity contribution < 1.29 is 18.0 Å². The summed E-state index contributed by atoms with van der Waals surface area (Å²) in [5.41, 5.74) is 1.85. The van der Waals surface area contributed by atoms with Gasteiger partial charge in [-0.25, -0.2) is 8.42 Å². The van der Waals surface area contributed by atoms with E-state index < -0.39 is 28.5 Å². The Kier molecular flexibility index (Phi) is 12.5. The predicted octanol–water partition coefficient (Wildman–Crippen LogP) is 7.51. The van der Waals surface area contributed by atoms with Crippen LogP contribution in [0.3, 0.4) is 0 Å². The van der Waals surface area contributed by atoms with E-state index in [1.165, 1.54) is 35.2 Å². The van der Waals surface area contributed by atoms with Gasteiger partial charge in [-0.1, -0.05) is 101 Å². The third-order valence-corrected chi connectivity index (χ3v) is 9.95. The summed E-state index contributed by atoms with van der Waals surface area (Å²) in [7, 11) is -4.26. The lowest BCUT2D eigenvalue weighted by Crippen LogP contribution is -2.53. The number of benzene rings is 4. The number of carbonyl (C=O) groups excluding carboxylic acids is 2. The van der Waals surface area contributed by atoms with Crippen molar-refractivity contribution in [3.05, 3.63) is 129 Å². The normalized spacial score (nSPS) is 11.9. The summed E-state index contributed by atoms with van der Waals surface area (Å²) >= 11 is 15.8. The van der Waals surface area contributed by atoms with Crippen molar-refractivity contribution in [3.63, 3.8) is 0 Å². The number of rotatable bonds is 14. The lowest BCUT2D eigenvalue weighted by atomic mass is 10.0. The van der Waals surface area contributed by atoms with Crippen molar-refractivity contribution in [2.45, 2.75) is 43.7 Å². The van der Waals surface area contributed by atoms with E-state index in [0.717, 1.165) is 32.7 Å². The molecule has 0 aliphatic heterocycles. The Morgan fingerprint density at radius 3 is 2.18 bits per heavy atom. The molecule has 45 heavy (non-hydrogen) atoms. The summed E-state index contributed by atoms with van der Waals surface area (Å²) in [6.45, 7) is 1.99. The van der Waals surface area contributed by atoms with Crippen LogP contribution >= 0.6 is 39.1 Å². The lowest BCUT2D eigenvalue weighted by molar-refractivity contribution is -0.140. The average Bonchev–Trinajstić information content (AvgIpc) is 3.03. The summed E-state index contributed by atoms with van der Waals surface area (Å²) < 4.78 is 30.0. The summed E-state index contributed by atoms with van der Waals surface area (Å²) in [6, 6.07) is 28.0. The number of unbranched alkanes of at least 4 members (excludes halogenated alkanes) is 1. The van der Waals surface area contributed by atoms with E-state index in [0.29, 0.717) is 16.6 Å². The SMILES string of the molecule is CCCCNC(=O)[C@H](Cc1ccccc1)N(Cc1ccc(Br)cc1)C(=O)CN(c1cccc(Cl)c1)S(=O)(=O)c1ccc(Cl)cc1. The fraction of sp³-hybridized carbons (Fsp3) is 0.235. The first-order valence-electron chi connectivity index (χ1n) is 14.5. The Labute approximate surface area is 283 Å². The van der Waals surface area contributed by atoms with Crippen LogP contribution in [0.1, 0.15) is 30.9 Å². The summed E-state index contributed by atoms with van der Waals surface area (Å²) in [6.07, 6.45) is 1.91. The number of hydrogen-bond acceptors (Lipinski definition) is 4. The minimum atomic E-state index is -4.26. The molecule has 7 nitrogen and oxygen atoms in total. The van der Waals surface area contributed by atoms with E-state index in [-0.39, 0.29) is 29.5 Å². The van der Waals surface area contributed by atoms with Crippen LogP contribution in [0.5, 0.6) is 0 Å². The van der Waals surface area contributed by atoms with Gasteiger partial charge in [0.1, 0.15) is 12.6 Å². The molecule has 0 aromatic heterocycles. The molecule has 2 amide bonds. The monoisotopic (exact) mass is 729 g/mol. The van der Waals surface area contributed by atoms with Crippen molar-refractivity contribution in [2.75, 3.05) is 17.4 Å². The molecule has 0 spiro atoms. The fourth-order valence-electron chi connectivity index (χ4n) is 4.74. The largest absolute Gasteiger partial charge is 0.354 e.